The highest BCUT2D eigenvalue weighted by Gasteiger charge is 2.14. The van der Waals surface area contributed by atoms with Gasteiger partial charge in [0.15, 0.2) is 11.6 Å². The molecule has 0 atom stereocenters. The van der Waals surface area contributed by atoms with Gasteiger partial charge in [-0.1, -0.05) is 12.1 Å². The lowest BCUT2D eigenvalue weighted by Crippen LogP contribution is -2.12. The highest BCUT2D eigenvalue weighted by atomic mass is 32.1. The molecule has 0 aliphatic carbocycles. The van der Waals surface area contributed by atoms with Gasteiger partial charge >= 0.3 is 0 Å². The van der Waals surface area contributed by atoms with E-state index in [4.69, 9.17) is 9.97 Å². The molecule has 11 heteroatoms. The highest BCUT2D eigenvalue weighted by molar-refractivity contribution is 7.17. The lowest BCUT2D eigenvalue weighted by atomic mass is 10.1. The Bertz CT molecular complexity index is 1920. The molecule has 0 spiro atoms. The summed E-state index contributed by atoms with van der Waals surface area (Å²) in [7, 11) is 0. The number of carbonyl (C=O) groups is 1. The van der Waals surface area contributed by atoms with Crippen LogP contribution in [0.3, 0.4) is 0 Å². The second-order valence-electron chi connectivity index (χ2n) is 8.40. The number of H-pyrrole nitrogens is 2. The van der Waals surface area contributed by atoms with E-state index < -0.39 is 0 Å². The van der Waals surface area contributed by atoms with Gasteiger partial charge in [0.05, 0.1) is 40.0 Å². The third-order valence-corrected chi connectivity index (χ3v) is 6.88. The van der Waals surface area contributed by atoms with Crippen molar-refractivity contribution in [2.24, 2.45) is 0 Å². The van der Waals surface area contributed by atoms with E-state index in [-0.39, 0.29) is 5.91 Å². The molecular weight excluding hydrogens is 486 g/mol. The van der Waals surface area contributed by atoms with Crippen LogP contribution in [0.4, 0.5) is 17.2 Å². The van der Waals surface area contributed by atoms with Gasteiger partial charge in [0, 0.05) is 27.5 Å². The zero-order chi connectivity index (χ0) is 24.8. The van der Waals surface area contributed by atoms with Crippen LogP contribution in [0, 0.1) is 0 Å². The molecule has 1 amide bonds. The number of hydrogen-bond donors (Lipinski definition) is 4. The number of rotatable bonds is 5. The molecule has 10 nitrogen and oxygen atoms in total. The van der Waals surface area contributed by atoms with Crippen LogP contribution in [-0.2, 0) is 0 Å². The number of aromatic amines is 2. The number of carbonyl (C=O) groups excluding carboxylic acids is 1. The first-order valence-electron chi connectivity index (χ1n) is 11.4. The maximum atomic E-state index is 12.7. The van der Waals surface area contributed by atoms with E-state index in [0.717, 1.165) is 49.1 Å². The molecule has 5 aromatic heterocycles. The lowest BCUT2D eigenvalue weighted by Gasteiger charge is -2.09. The summed E-state index contributed by atoms with van der Waals surface area (Å²) in [5, 5.41) is 24.8. The molecule has 0 fully saturated rings. The standard InChI is InChI=1S/C26H17N9OS/c36-26(31-18-5-7-27-28-13-18)22-10-14-1-2-15(11-21(14)32-22)24-33-20-6-8-37-23(20)25(34-24)30-17-3-4-19-16(9-17)12-29-35-19/h1-13,32H,(H,29,35)(H,27,31,36)(H,30,33,34). The highest BCUT2D eigenvalue weighted by Crippen LogP contribution is 2.32. The molecule has 4 N–H and O–H groups in total. The van der Waals surface area contributed by atoms with E-state index in [1.165, 1.54) is 12.4 Å². The largest absolute Gasteiger partial charge is 0.350 e. The number of anilines is 3. The normalized spacial score (nSPS) is 11.4. The van der Waals surface area contributed by atoms with E-state index in [9.17, 15) is 4.79 Å². The summed E-state index contributed by atoms with van der Waals surface area (Å²) in [6.45, 7) is 0. The van der Waals surface area contributed by atoms with E-state index >= 15 is 0 Å². The Morgan fingerprint density at radius 2 is 1.84 bits per heavy atom. The van der Waals surface area contributed by atoms with Crippen LogP contribution in [0.15, 0.2) is 78.6 Å². The Hall–Kier alpha value is -5.16. The summed E-state index contributed by atoms with van der Waals surface area (Å²) >= 11 is 1.59. The van der Waals surface area contributed by atoms with Crippen molar-refractivity contribution in [2.75, 3.05) is 10.6 Å². The maximum Gasteiger partial charge on any atom is 0.272 e. The summed E-state index contributed by atoms with van der Waals surface area (Å²) < 4.78 is 0.974. The fourth-order valence-electron chi connectivity index (χ4n) is 4.19. The third kappa shape index (κ3) is 3.93. The van der Waals surface area contributed by atoms with Gasteiger partial charge in [-0.3, -0.25) is 9.89 Å². The van der Waals surface area contributed by atoms with E-state index in [2.05, 4.69) is 36.0 Å². The lowest BCUT2D eigenvalue weighted by molar-refractivity contribution is 0.102. The minimum Gasteiger partial charge on any atom is -0.350 e. The fraction of sp³-hybridized carbons (Fsp3) is 0. The maximum absolute atomic E-state index is 12.7. The first-order chi connectivity index (χ1) is 18.2. The van der Waals surface area contributed by atoms with Crippen molar-refractivity contribution >= 4 is 66.5 Å². The molecule has 0 bridgehead atoms. The third-order valence-electron chi connectivity index (χ3n) is 5.97. The fourth-order valence-corrected chi connectivity index (χ4v) is 4.96. The van der Waals surface area contributed by atoms with E-state index in [1.807, 2.05) is 53.9 Å². The Morgan fingerprint density at radius 3 is 2.76 bits per heavy atom. The molecule has 0 radical (unpaired) electrons. The molecule has 7 aromatic rings. The van der Waals surface area contributed by atoms with Crippen LogP contribution in [0.2, 0.25) is 0 Å². The van der Waals surface area contributed by atoms with E-state index in [1.54, 1.807) is 23.6 Å². The molecule has 0 aliphatic heterocycles. The van der Waals surface area contributed by atoms with E-state index in [0.29, 0.717) is 17.2 Å². The van der Waals surface area contributed by atoms with Crippen LogP contribution in [0.1, 0.15) is 10.5 Å². The minimum absolute atomic E-state index is 0.261. The van der Waals surface area contributed by atoms with Crippen LogP contribution in [0.25, 0.3) is 43.4 Å². The topological polar surface area (TPSA) is 137 Å². The van der Waals surface area contributed by atoms with Gasteiger partial charge in [-0.15, -0.1) is 11.3 Å². The van der Waals surface area contributed by atoms with Gasteiger partial charge in [-0.05, 0) is 47.8 Å². The number of aromatic nitrogens is 7. The Morgan fingerprint density at radius 1 is 0.865 bits per heavy atom. The van der Waals surface area contributed by atoms with Crippen molar-refractivity contribution in [1.82, 2.24) is 35.3 Å². The molecule has 0 unspecified atom stereocenters. The monoisotopic (exact) mass is 503 g/mol. The predicted molar refractivity (Wildman–Crippen MR) is 144 cm³/mol. The molecule has 37 heavy (non-hydrogen) atoms. The first kappa shape index (κ1) is 21.1. The smallest absolute Gasteiger partial charge is 0.272 e. The first-order valence-corrected chi connectivity index (χ1v) is 12.2. The Labute approximate surface area is 212 Å². The number of amides is 1. The zero-order valence-corrected chi connectivity index (χ0v) is 19.9. The average molecular weight is 504 g/mol. The predicted octanol–water partition coefficient (Wildman–Crippen LogP) is 5.50. The van der Waals surface area contributed by atoms with Gasteiger partial charge in [0.25, 0.3) is 5.91 Å². The zero-order valence-electron chi connectivity index (χ0n) is 19.1. The van der Waals surface area contributed by atoms with Gasteiger partial charge in [-0.25, -0.2) is 9.97 Å². The minimum atomic E-state index is -0.261. The van der Waals surface area contributed by atoms with Crippen LogP contribution in [0.5, 0.6) is 0 Å². The number of nitrogens with zero attached hydrogens (tertiary/aromatic N) is 5. The number of nitrogens with one attached hydrogen (secondary N) is 4. The second kappa shape index (κ2) is 8.50. The summed E-state index contributed by atoms with van der Waals surface area (Å²) in [4.78, 5) is 25.6. The number of benzene rings is 2. The number of fused-ring (bicyclic) bond motifs is 3. The molecule has 0 saturated heterocycles. The van der Waals surface area contributed by atoms with Crippen molar-refractivity contribution in [3.8, 4) is 11.4 Å². The van der Waals surface area contributed by atoms with Gasteiger partial charge in [0.2, 0.25) is 0 Å². The summed E-state index contributed by atoms with van der Waals surface area (Å²) in [5.74, 6) is 1.06. The summed E-state index contributed by atoms with van der Waals surface area (Å²) in [5.41, 5.74) is 5.40. The number of hydrogen-bond acceptors (Lipinski definition) is 8. The molecule has 178 valence electrons. The van der Waals surface area contributed by atoms with Gasteiger partial charge < -0.3 is 15.6 Å². The van der Waals surface area contributed by atoms with Crippen molar-refractivity contribution in [2.45, 2.75) is 0 Å². The van der Waals surface area contributed by atoms with Crippen molar-refractivity contribution in [3.05, 3.63) is 84.3 Å². The quantitative estimate of drug-likeness (QED) is 0.243. The van der Waals surface area contributed by atoms with Crippen molar-refractivity contribution < 1.29 is 4.79 Å². The van der Waals surface area contributed by atoms with Crippen molar-refractivity contribution in [3.63, 3.8) is 0 Å². The van der Waals surface area contributed by atoms with Crippen molar-refractivity contribution in [1.29, 1.82) is 0 Å². The average Bonchev–Trinajstić information content (AvgIpc) is 3.67. The molecule has 7 rings (SSSR count). The molecular formula is C26H17N9OS. The Kier molecular flexibility index (Phi) is 4.86. The summed E-state index contributed by atoms with van der Waals surface area (Å²) in [6, 6.07) is 17.3. The SMILES string of the molecule is O=C(Nc1ccnnc1)c1cc2ccc(-c3nc(Nc4ccc5[nH]ncc5c4)c4sccc4n3)cc2[nH]1. The molecule has 0 saturated carbocycles. The van der Waals surface area contributed by atoms with Gasteiger partial charge in [0.1, 0.15) is 5.69 Å². The summed E-state index contributed by atoms with van der Waals surface area (Å²) in [6.07, 6.45) is 4.81. The van der Waals surface area contributed by atoms with Gasteiger partial charge in [-0.2, -0.15) is 15.3 Å². The van der Waals surface area contributed by atoms with Crippen LogP contribution < -0.4 is 10.6 Å². The van der Waals surface area contributed by atoms with Crippen LogP contribution >= 0.6 is 11.3 Å². The molecule has 0 aliphatic rings. The molecule has 5 heterocycles. The molecule has 2 aromatic carbocycles. The second-order valence-corrected chi connectivity index (χ2v) is 9.31. The van der Waals surface area contributed by atoms with Crippen LogP contribution in [-0.4, -0.2) is 41.3 Å². The number of thiophene rings is 1. The Balaban J connectivity index is 1.23.